The molecule has 0 saturated carbocycles. The van der Waals surface area contributed by atoms with Crippen LogP contribution in [0.25, 0.3) is 6.08 Å². The van der Waals surface area contributed by atoms with Gasteiger partial charge in [-0.15, -0.1) is 0 Å². The topological polar surface area (TPSA) is 52.7 Å². The Hall–Kier alpha value is -3.08. The molecule has 1 N–H and O–H groups in total. The number of anilines is 2. The van der Waals surface area contributed by atoms with E-state index < -0.39 is 0 Å². The van der Waals surface area contributed by atoms with Crippen molar-refractivity contribution in [3.63, 3.8) is 0 Å². The Labute approximate surface area is 166 Å². The Bertz CT molecular complexity index is 836. The van der Waals surface area contributed by atoms with Crippen molar-refractivity contribution in [1.29, 1.82) is 0 Å². The van der Waals surface area contributed by atoms with Crippen LogP contribution in [-0.4, -0.2) is 42.9 Å². The van der Waals surface area contributed by atoms with Crippen LogP contribution >= 0.6 is 0 Å². The molecule has 0 aliphatic carbocycles. The van der Waals surface area contributed by atoms with E-state index in [4.69, 9.17) is 0 Å². The minimum Gasteiger partial charge on any atom is -0.368 e. The summed E-state index contributed by atoms with van der Waals surface area (Å²) < 4.78 is 0. The number of nitrogens with one attached hydrogen (secondary N) is 1. The van der Waals surface area contributed by atoms with Crippen LogP contribution in [0.5, 0.6) is 0 Å². The molecule has 0 aromatic heterocycles. The molecule has 0 radical (unpaired) electrons. The molecule has 1 aliphatic rings. The molecule has 2 aromatic carbocycles. The lowest BCUT2D eigenvalue weighted by atomic mass is 10.1. The third kappa shape index (κ3) is 5.00. The average molecular weight is 377 g/mol. The zero-order valence-corrected chi connectivity index (χ0v) is 16.5. The van der Waals surface area contributed by atoms with Crippen molar-refractivity contribution in [3.8, 4) is 0 Å². The van der Waals surface area contributed by atoms with Crippen molar-refractivity contribution in [1.82, 2.24) is 4.90 Å². The molecule has 0 atom stereocenters. The van der Waals surface area contributed by atoms with Crippen molar-refractivity contribution in [3.05, 3.63) is 65.7 Å². The molecule has 28 heavy (non-hydrogen) atoms. The Morgan fingerprint density at radius 2 is 1.61 bits per heavy atom. The molecule has 3 rings (SSSR count). The number of benzene rings is 2. The molecular formula is C23H27N3O2. The largest absolute Gasteiger partial charge is 0.368 e. The monoisotopic (exact) mass is 377 g/mol. The Morgan fingerprint density at radius 3 is 2.18 bits per heavy atom. The van der Waals surface area contributed by atoms with Gasteiger partial charge >= 0.3 is 0 Å². The summed E-state index contributed by atoms with van der Waals surface area (Å²) in [7, 11) is 0. The fraction of sp³-hybridized carbons (Fsp3) is 0.304. The summed E-state index contributed by atoms with van der Waals surface area (Å²) >= 11 is 0. The smallest absolute Gasteiger partial charge is 0.251 e. The van der Waals surface area contributed by atoms with E-state index in [0.29, 0.717) is 6.42 Å². The van der Waals surface area contributed by atoms with E-state index >= 15 is 0 Å². The van der Waals surface area contributed by atoms with Gasteiger partial charge in [-0.25, -0.2) is 0 Å². The highest BCUT2D eigenvalue weighted by Gasteiger charge is 2.18. The first kappa shape index (κ1) is 19.7. The zero-order chi connectivity index (χ0) is 19.9. The van der Waals surface area contributed by atoms with E-state index in [1.165, 1.54) is 0 Å². The molecular weight excluding hydrogens is 350 g/mol. The van der Waals surface area contributed by atoms with Gasteiger partial charge in [-0.1, -0.05) is 37.3 Å². The average Bonchev–Trinajstić information content (AvgIpc) is 2.73. The number of hydrogen-bond donors (Lipinski definition) is 1. The number of rotatable bonds is 5. The molecule has 0 spiro atoms. The minimum atomic E-state index is -0.0748. The van der Waals surface area contributed by atoms with Crippen LogP contribution in [0.3, 0.4) is 0 Å². The quantitative estimate of drug-likeness (QED) is 0.807. The third-order valence-electron chi connectivity index (χ3n) is 5.03. The molecule has 1 heterocycles. The number of nitrogens with zero attached hydrogens (tertiary/aromatic N) is 2. The zero-order valence-electron chi connectivity index (χ0n) is 16.5. The van der Waals surface area contributed by atoms with Gasteiger partial charge in [-0.2, -0.15) is 0 Å². The van der Waals surface area contributed by atoms with Crippen LogP contribution in [0, 0.1) is 0 Å². The van der Waals surface area contributed by atoms with E-state index in [0.717, 1.165) is 48.7 Å². The number of carbonyl (C=O) groups is 2. The van der Waals surface area contributed by atoms with Gasteiger partial charge in [0.05, 0.1) is 0 Å². The molecule has 0 bridgehead atoms. The standard InChI is InChI=1S/C23H27N3O2/c1-3-20(17-19-7-5-4-6-8-19)23(28)24-21-9-11-22(12-10-21)26-15-13-25(14-16-26)18(2)27/h4-12,17H,3,13-16H2,1-2H3,(H,24,28)/b20-17+. The third-order valence-corrected chi connectivity index (χ3v) is 5.03. The number of piperazine rings is 1. The van der Waals surface area contributed by atoms with Crippen LogP contribution < -0.4 is 10.2 Å². The predicted molar refractivity (Wildman–Crippen MR) is 114 cm³/mol. The summed E-state index contributed by atoms with van der Waals surface area (Å²) in [5.74, 6) is 0.0576. The van der Waals surface area contributed by atoms with Crippen molar-refractivity contribution in [2.24, 2.45) is 0 Å². The van der Waals surface area contributed by atoms with Crippen molar-refractivity contribution >= 4 is 29.3 Å². The number of amides is 2. The van der Waals surface area contributed by atoms with E-state index in [1.54, 1.807) is 6.92 Å². The summed E-state index contributed by atoms with van der Waals surface area (Å²) in [4.78, 5) is 28.2. The summed E-state index contributed by atoms with van der Waals surface area (Å²) in [6, 6.07) is 17.8. The molecule has 5 heteroatoms. The van der Waals surface area contributed by atoms with E-state index in [9.17, 15) is 9.59 Å². The molecule has 5 nitrogen and oxygen atoms in total. The summed E-state index contributed by atoms with van der Waals surface area (Å²) in [6.45, 7) is 6.74. The van der Waals surface area contributed by atoms with Gasteiger partial charge < -0.3 is 15.1 Å². The molecule has 1 saturated heterocycles. The second-order valence-electron chi connectivity index (χ2n) is 6.93. The molecule has 0 unspecified atom stereocenters. The first-order chi connectivity index (χ1) is 13.6. The lowest BCUT2D eigenvalue weighted by Crippen LogP contribution is -2.48. The van der Waals surface area contributed by atoms with E-state index in [1.807, 2.05) is 72.5 Å². The van der Waals surface area contributed by atoms with Gasteiger partial charge in [0.15, 0.2) is 0 Å². The highest BCUT2D eigenvalue weighted by atomic mass is 16.2. The van der Waals surface area contributed by atoms with E-state index in [-0.39, 0.29) is 11.8 Å². The molecule has 2 aromatic rings. The maximum absolute atomic E-state index is 12.6. The number of carbonyl (C=O) groups excluding carboxylic acids is 2. The second-order valence-corrected chi connectivity index (χ2v) is 6.93. The first-order valence-corrected chi connectivity index (χ1v) is 9.74. The van der Waals surface area contributed by atoms with Crippen LogP contribution in [0.15, 0.2) is 60.2 Å². The SMILES string of the molecule is CC/C(=C\c1ccccc1)C(=O)Nc1ccc(N2CCN(C(C)=O)CC2)cc1. The molecule has 1 aliphatic heterocycles. The summed E-state index contributed by atoms with van der Waals surface area (Å²) in [5, 5.41) is 2.99. The lowest BCUT2D eigenvalue weighted by molar-refractivity contribution is -0.129. The first-order valence-electron chi connectivity index (χ1n) is 9.74. The lowest BCUT2D eigenvalue weighted by Gasteiger charge is -2.35. The fourth-order valence-corrected chi connectivity index (χ4v) is 3.33. The van der Waals surface area contributed by atoms with Gasteiger partial charge in [0.2, 0.25) is 5.91 Å². The van der Waals surface area contributed by atoms with Crippen LogP contribution in [0.4, 0.5) is 11.4 Å². The minimum absolute atomic E-state index is 0.0748. The van der Waals surface area contributed by atoms with Crippen molar-refractivity contribution < 1.29 is 9.59 Å². The molecule has 146 valence electrons. The van der Waals surface area contributed by atoms with Gasteiger partial charge in [0.25, 0.3) is 5.91 Å². The highest BCUT2D eigenvalue weighted by Crippen LogP contribution is 2.20. The van der Waals surface area contributed by atoms with E-state index in [2.05, 4.69) is 10.2 Å². The van der Waals surface area contributed by atoms with Crippen LogP contribution in [0.1, 0.15) is 25.8 Å². The molecule has 1 fully saturated rings. The van der Waals surface area contributed by atoms with Crippen LogP contribution in [0.2, 0.25) is 0 Å². The van der Waals surface area contributed by atoms with Gasteiger partial charge in [-0.05, 0) is 42.3 Å². The Balaban J connectivity index is 1.61. The van der Waals surface area contributed by atoms with Gasteiger partial charge in [0, 0.05) is 50.1 Å². The second kappa shape index (κ2) is 9.22. The van der Waals surface area contributed by atoms with Gasteiger partial charge in [-0.3, -0.25) is 9.59 Å². The normalized spacial score (nSPS) is 14.7. The summed E-state index contributed by atoms with van der Waals surface area (Å²) in [5.41, 5.74) is 3.66. The highest BCUT2D eigenvalue weighted by molar-refractivity contribution is 6.06. The Kier molecular flexibility index (Phi) is 6.48. The van der Waals surface area contributed by atoms with Crippen molar-refractivity contribution in [2.45, 2.75) is 20.3 Å². The number of hydrogen-bond acceptors (Lipinski definition) is 3. The van der Waals surface area contributed by atoms with Crippen LogP contribution in [-0.2, 0) is 9.59 Å². The Morgan fingerprint density at radius 1 is 0.964 bits per heavy atom. The summed E-state index contributed by atoms with van der Waals surface area (Å²) in [6.07, 6.45) is 2.59. The van der Waals surface area contributed by atoms with Gasteiger partial charge in [0.1, 0.15) is 0 Å². The predicted octanol–water partition coefficient (Wildman–Crippen LogP) is 3.79. The maximum atomic E-state index is 12.6. The fourth-order valence-electron chi connectivity index (χ4n) is 3.33. The van der Waals surface area contributed by atoms with Crippen molar-refractivity contribution in [2.75, 3.05) is 36.4 Å². The molecule has 2 amide bonds. The maximum Gasteiger partial charge on any atom is 0.251 e.